The lowest BCUT2D eigenvalue weighted by Crippen LogP contribution is -2.29. The SMILES string of the molecule is Cc1ccc(Oc2ccc(NC(=O)[C@@H]3CC[C@H](CN)O3)cn2)cc1. The Hall–Kier alpha value is -2.44. The molecule has 6 heteroatoms. The van der Waals surface area contributed by atoms with E-state index in [-0.39, 0.29) is 12.0 Å². The van der Waals surface area contributed by atoms with Crippen molar-refractivity contribution in [2.75, 3.05) is 11.9 Å². The first-order valence-corrected chi connectivity index (χ1v) is 8.01. The fourth-order valence-corrected chi connectivity index (χ4v) is 2.54. The number of aryl methyl sites for hydroxylation is 1. The van der Waals surface area contributed by atoms with Crippen LogP contribution in [0.2, 0.25) is 0 Å². The number of nitrogens with zero attached hydrogens (tertiary/aromatic N) is 1. The average molecular weight is 327 g/mol. The Balaban J connectivity index is 1.56. The number of nitrogens with two attached hydrogens (primary N) is 1. The third kappa shape index (κ3) is 4.10. The second-order valence-corrected chi connectivity index (χ2v) is 5.85. The van der Waals surface area contributed by atoms with E-state index < -0.39 is 6.10 Å². The molecule has 6 nitrogen and oxygen atoms in total. The summed E-state index contributed by atoms with van der Waals surface area (Å²) in [6.45, 7) is 2.46. The molecule has 1 aliphatic heterocycles. The number of hydrogen-bond acceptors (Lipinski definition) is 5. The van der Waals surface area contributed by atoms with E-state index in [1.54, 1.807) is 18.3 Å². The lowest BCUT2D eigenvalue weighted by Gasteiger charge is -2.12. The molecule has 0 saturated carbocycles. The highest BCUT2D eigenvalue weighted by atomic mass is 16.5. The minimum Gasteiger partial charge on any atom is -0.439 e. The van der Waals surface area contributed by atoms with E-state index in [2.05, 4.69) is 10.3 Å². The maximum atomic E-state index is 12.1. The van der Waals surface area contributed by atoms with E-state index in [1.165, 1.54) is 5.56 Å². The van der Waals surface area contributed by atoms with E-state index in [4.69, 9.17) is 15.2 Å². The third-order valence-electron chi connectivity index (χ3n) is 3.91. The maximum Gasteiger partial charge on any atom is 0.253 e. The van der Waals surface area contributed by atoms with Gasteiger partial charge >= 0.3 is 0 Å². The fraction of sp³-hybridized carbons (Fsp3) is 0.333. The number of carbonyl (C=O) groups excluding carboxylic acids is 1. The minimum atomic E-state index is -0.443. The zero-order valence-corrected chi connectivity index (χ0v) is 13.6. The lowest BCUT2D eigenvalue weighted by molar-refractivity contribution is -0.126. The molecule has 1 aromatic carbocycles. The van der Waals surface area contributed by atoms with Crippen molar-refractivity contribution in [2.24, 2.45) is 5.73 Å². The minimum absolute atomic E-state index is 0.0239. The topological polar surface area (TPSA) is 86.5 Å². The standard InChI is InChI=1S/C18H21N3O3/c1-12-2-5-14(6-3-12)24-17-9-4-13(11-20-17)21-18(22)16-8-7-15(10-19)23-16/h2-6,9,11,15-16H,7-8,10,19H2,1H3,(H,21,22)/t15-,16+/m1/s1. The summed E-state index contributed by atoms with van der Waals surface area (Å²) in [5.41, 5.74) is 7.33. The van der Waals surface area contributed by atoms with E-state index >= 15 is 0 Å². The number of ether oxygens (including phenoxy) is 2. The van der Waals surface area contributed by atoms with Crippen molar-refractivity contribution in [3.63, 3.8) is 0 Å². The van der Waals surface area contributed by atoms with Gasteiger partial charge < -0.3 is 20.5 Å². The van der Waals surface area contributed by atoms with Crippen LogP contribution >= 0.6 is 0 Å². The molecular formula is C18H21N3O3. The number of pyridine rings is 1. The molecule has 1 saturated heterocycles. The Morgan fingerprint density at radius 3 is 2.71 bits per heavy atom. The number of anilines is 1. The van der Waals surface area contributed by atoms with Crippen LogP contribution in [-0.2, 0) is 9.53 Å². The average Bonchev–Trinajstić information content (AvgIpc) is 3.08. The van der Waals surface area contributed by atoms with Crippen LogP contribution in [0.25, 0.3) is 0 Å². The molecule has 0 unspecified atom stereocenters. The van der Waals surface area contributed by atoms with Gasteiger partial charge in [-0.15, -0.1) is 0 Å². The fourth-order valence-electron chi connectivity index (χ4n) is 2.54. The second kappa shape index (κ2) is 7.42. The number of amides is 1. The predicted molar refractivity (Wildman–Crippen MR) is 91.1 cm³/mol. The van der Waals surface area contributed by atoms with E-state index in [0.717, 1.165) is 12.2 Å². The van der Waals surface area contributed by atoms with Crippen LogP contribution in [0.3, 0.4) is 0 Å². The Bertz CT molecular complexity index is 686. The molecule has 1 aliphatic rings. The molecule has 3 N–H and O–H groups in total. The van der Waals surface area contributed by atoms with E-state index in [9.17, 15) is 4.79 Å². The largest absolute Gasteiger partial charge is 0.439 e. The van der Waals surface area contributed by atoms with Crippen molar-refractivity contribution in [2.45, 2.75) is 32.0 Å². The van der Waals surface area contributed by atoms with Crippen LogP contribution in [-0.4, -0.2) is 29.6 Å². The molecule has 0 aliphatic carbocycles. The molecule has 2 heterocycles. The second-order valence-electron chi connectivity index (χ2n) is 5.85. The molecular weight excluding hydrogens is 306 g/mol. The molecule has 1 aromatic heterocycles. The van der Waals surface area contributed by atoms with Gasteiger partial charge in [-0.1, -0.05) is 17.7 Å². The molecule has 126 valence electrons. The van der Waals surface area contributed by atoms with Crippen LogP contribution in [0.4, 0.5) is 5.69 Å². The van der Waals surface area contributed by atoms with Crippen molar-refractivity contribution >= 4 is 11.6 Å². The Labute approximate surface area is 141 Å². The first kappa shape index (κ1) is 16.4. The highest BCUT2D eigenvalue weighted by Crippen LogP contribution is 2.22. The number of aromatic nitrogens is 1. The molecule has 0 spiro atoms. The van der Waals surface area contributed by atoms with Gasteiger partial charge in [-0.2, -0.15) is 0 Å². The van der Waals surface area contributed by atoms with Crippen LogP contribution in [0, 0.1) is 6.92 Å². The van der Waals surface area contributed by atoms with Crippen molar-refractivity contribution in [1.82, 2.24) is 4.98 Å². The molecule has 2 atom stereocenters. The lowest BCUT2D eigenvalue weighted by atomic mass is 10.2. The van der Waals surface area contributed by atoms with Crippen molar-refractivity contribution in [3.05, 3.63) is 48.2 Å². The number of rotatable bonds is 5. The van der Waals surface area contributed by atoms with Crippen LogP contribution in [0.1, 0.15) is 18.4 Å². The summed E-state index contributed by atoms with van der Waals surface area (Å²) in [6.07, 6.45) is 2.61. The van der Waals surface area contributed by atoms with Gasteiger partial charge in [0.1, 0.15) is 11.9 Å². The van der Waals surface area contributed by atoms with Gasteiger partial charge in [-0.05, 0) is 38.0 Å². The van der Waals surface area contributed by atoms with Gasteiger partial charge in [-0.3, -0.25) is 4.79 Å². The van der Waals surface area contributed by atoms with Crippen LogP contribution in [0.15, 0.2) is 42.6 Å². The summed E-state index contributed by atoms with van der Waals surface area (Å²) in [6, 6.07) is 11.2. The molecule has 1 amide bonds. The monoisotopic (exact) mass is 327 g/mol. The predicted octanol–water partition coefficient (Wildman–Crippen LogP) is 2.63. The number of hydrogen-bond donors (Lipinski definition) is 2. The molecule has 24 heavy (non-hydrogen) atoms. The molecule has 0 radical (unpaired) electrons. The van der Waals surface area contributed by atoms with Gasteiger partial charge in [0.05, 0.1) is 18.0 Å². The summed E-state index contributed by atoms with van der Waals surface area (Å²) in [4.78, 5) is 16.4. The van der Waals surface area contributed by atoms with Crippen molar-refractivity contribution in [1.29, 1.82) is 0 Å². The molecule has 3 rings (SSSR count). The number of carbonyl (C=O) groups is 1. The van der Waals surface area contributed by atoms with Crippen LogP contribution < -0.4 is 15.8 Å². The zero-order chi connectivity index (χ0) is 16.9. The normalized spacial score (nSPS) is 19.9. The van der Waals surface area contributed by atoms with Crippen molar-refractivity contribution < 1.29 is 14.3 Å². The van der Waals surface area contributed by atoms with Gasteiger partial charge in [-0.25, -0.2) is 4.98 Å². The summed E-state index contributed by atoms with van der Waals surface area (Å²) >= 11 is 0. The van der Waals surface area contributed by atoms with Crippen LogP contribution in [0.5, 0.6) is 11.6 Å². The van der Waals surface area contributed by atoms with Gasteiger partial charge in [0.25, 0.3) is 5.91 Å². The molecule has 0 bridgehead atoms. The summed E-state index contributed by atoms with van der Waals surface area (Å²) in [5.74, 6) is 1.02. The highest BCUT2D eigenvalue weighted by molar-refractivity contribution is 5.94. The summed E-state index contributed by atoms with van der Waals surface area (Å²) in [5, 5.41) is 2.80. The quantitative estimate of drug-likeness (QED) is 0.881. The first-order chi connectivity index (χ1) is 11.6. The Morgan fingerprint density at radius 2 is 2.08 bits per heavy atom. The molecule has 2 aromatic rings. The molecule has 1 fully saturated rings. The summed E-state index contributed by atoms with van der Waals surface area (Å²) in [7, 11) is 0. The Morgan fingerprint density at radius 1 is 1.29 bits per heavy atom. The number of benzene rings is 1. The maximum absolute atomic E-state index is 12.1. The highest BCUT2D eigenvalue weighted by Gasteiger charge is 2.29. The smallest absolute Gasteiger partial charge is 0.253 e. The number of nitrogens with one attached hydrogen (secondary N) is 1. The summed E-state index contributed by atoms with van der Waals surface area (Å²) < 4.78 is 11.2. The van der Waals surface area contributed by atoms with E-state index in [1.807, 2.05) is 31.2 Å². The first-order valence-electron chi connectivity index (χ1n) is 8.01. The van der Waals surface area contributed by atoms with Crippen molar-refractivity contribution in [3.8, 4) is 11.6 Å². The van der Waals surface area contributed by atoms with Gasteiger partial charge in [0, 0.05) is 12.6 Å². The van der Waals surface area contributed by atoms with E-state index in [0.29, 0.717) is 24.5 Å². The third-order valence-corrected chi connectivity index (χ3v) is 3.91. The Kier molecular flexibility index (Phi) is 5.08. The van der Waals surface area contributed by atoms with Gasteiger partial charge in [0.15, 0.2) is 0 Å². The van der Waals surface area contributed by atoms with Gasteiger partial charge in [0.2, 0.25) is 5.88 Å². The zero-order valence-electron chi connectivity index (χ0n) is 13.6.